The first-order valence-corrected chi connectivity index (χ1v) is 10.8. The van der Waals surface area contributed by atoms with E-state index in [1.54, 1.807) is 4.90 Å². The zero-order chi connectivity index (χ0) is 22.1. The van der Waals surface area contributed by atoms with Crippen molar-refractivity contribution in [2.45, 2.75) is 39.3 Å². The second kappa shape index (κ2) is 11.1. The Kier molecular flexibility index (Phi) is 7.99. The van der Waals surface area contributed by atoms with Gasteiger partial charge in [-0.3, -0.25) is 9.59 Å². The van der Waals surface area contributed by atoms with Crippen LogP contribution in [0.15, 0.2) is 84.9 Å². The Morgan fingerprint density at radius 3 is 2.06 bits per heavy atom. The molecule has 0 aliphatic carbocycles. The predicted octanol–water partition coefficient (Wildman–Crippen LogP) is 4.31. The van der Waals surface area contributed by atoms with Gasteiger partial charge in [0.25, 0.3) is 0 Å². The van der Waals surface area contributed by atoms with E-state index in [9.17, 15) is 9.59 Å². The molecule has 2 amide bonds. The lowest BCUT2D eigenvalue weighted by atomic mass is 10.0. The summed E-state index contributed by atoms with van der Waals surface area (Å²) in [6.07, 6.45) is 0.734. The third-order valence-corrected chi connectivity index (χ3v) is 5.26. The normalized spacial score (nSPS) is 11.5. The summed E-state index contributed by atoms with van der Waals surface area (Å²) in [6.45, 7) is 4.83. The summed E-state index contributed by atoms with van der Waals surface area (Å²) in [4.78, 5) is 28.3. The van der Waals surface area contributed by atoms with E-state index in [1.165, 1.54) is 0 Å². The molecule has 3 aromatic rings. The summed E-state index contributed by atoms with van der Waals surface area (Å²) in [6, 6.07) is 27.1. The number of amides is 2. The number of carbonyl (C=O) groups excluding carboxylic acids is 2. The highest BCUT2D eigenvalue weighted by Crippen LogP contribution is 2.17. The SMILES string of the molecule is CCNC(=O)C(Cc1ccccc1)N(Cc1ccccc1)C(=O)Cc1cccc(C)c1. The van der Waals surface area contributed by atoms with Gasteiger partial charge in [-0.05, 0) is 30.5 Å². The topological polar surface area (TPSA) is 49.4 Å². The standard InChI is InChI=1S/C27H30N2O2/c1-3-28-27(31)25(18-22-12-6-4-7-13-22)29(20-23-14-8-5-9-15-23)26(30)19-24-16-10-11-21(2)17-24/h4-17,25H,3,18-20H2,1-2H3,(H,28,31). The first kappa shape index (κ1) is 22.3. The molecule has 4 heteroatoms. The molecule has 0 aliphatic rings. The number of hydrogen-bond acceptors (Lipinski definition) is 2. The van der Waals surface area contributed by atoms with E-state index in [0.29, 0.717) is 19.5 Å². The fraction of sp³-hybridized carbons (Fsp3) is 0.259. The summed E-state index contributed by atoms with van der Waals surface area (Å²) in [5.41, 5.74) is 4.10. The molecule has 0 aromatic heterocycles. The van der Waals surface area contributed by atoms with E-state index in [2.05, 4.69) is 5.32 Å². The van der Waals surface area contributed by atoms with Gasteiger partial charge < -0.3 is 10.2 Å². The second-order valence-electron chi connectivity index (χ2n) is 7.77. The third-order valence-electron chi connectivity index (χ3n) is 5.26. The number of benzene rings is 3. The van der Waals surface area contributed by atoms with Crippen LogP contribution in [0.1, 0.15) is 29.2 Å². The van der Waals surface area contributed by atoms with Crippen LogP contribution in [0.4, 0.5) is 0 Å². The molecule has 3 rings (SSSR count). The van der Waals surface area contributed by atoms with Crippen molar-refractivity contribution in [2.24, 2.45) is 0 Å². The van der Waals surface area contributed by atoms with Crippen molar-refractivity contribution in [2.75, 3.05) is 6.54 Å². The van der Waals surface area contributed by atoms with Gasteiger partial charge in [0, 0.05) is 19.5 Å². The Bertz CT molecular complexity index is 986. The lowest BCUT2D eigenvalue weighted by molar-refractivity contribution is -0.140. The van der Waals surface area contributed by atoms with Crippen LogP contribution in [0.2, 0.25) is 0 Å². The van der Waals surface area contributed by atoms with Gasteiger partial charge in [-0.25, -0.2) is 0 Å². The van der Waals surface area contributed by atoms with E-state index >= 15 is 0 Å². The van der Waals surface area contributed by atoms with Crippen LogP contribution in [0.3, 0.4) is 0 Å². The molecular formula is C27H30N2O2. The summed E-state index contributed by atoms with van der Waals surface area (Å²) in [7, 11) is 0. The van der Waals surface area contributed by atoms with Crippen molar-refractivity contribution in [3.8, 4) is 0 Å². The summed E-state index contributed by atoms with van der Waals surface area (Å²) >= 11 is 0. The van der Waals surface area contributed by atoms with Gasteiger partial charge in [-0.2, -0.15) is 0 Å². The minimum absolute atomic E-state index is 0.0540. The van der Waals surface area contributed by atoms with Crippen LogP contribution >= 0.6 is 0 Å². The molecular weight excluding hydrogens is 384 g/mol. The molecule has 31 heavy (non-hydrogen) atoms. The minimum Gasteiger partial charge on any atom is -0.355 e. The maximum absolute atomic E-state index is 13.5. The number of likely N-dealkylation sites (N-methyl/N-ethyl adjacent to an activating group) is 1. The van der Waals surface area contributed by atoms with Crippen LogP contribution in [0.25, 0.3) is 0 Å². The van der Waals surface area contributed by atoms with Gasteiger partial charge in [0.15, 0.2) is 0 Å². The van der Waals surface area contributed by atoms with Crippen molar-refractivity contribution >= 4 is 11.8 Å². The Morgan fingerprint density at radius 2 is 1.45 bits per heavy atom. The zero-order valence-corrected chi connectivity index (χ0v) is 18.3. The number of carbonyl (C=O) groups is 2. The summed E-state index contributed by atoms with van der Waals surface area (Å²) in [5.74, 6) is -0.179. The number of nitrogens with one attached hydrogen (secondary N) is 1. The maximum atomic E-state index is 13.5. The molecule has 0 radical (unpaired) electrons. The van der Waals surface area contributed by atoms with Gasteiger partial charge in [0.05, 0.1) is 6.42 Å². The molecule has 0 heterocycles. The molecule has 0 saturated carbocycles. The van der Waals surface area contributed by atoms with Crippen LogP contribution in [-0.4, -0.2) is 29.3 Å². The van der Waals surface area contributed by atoms with Crippen molar-refractivity contribution in [3.05, 3.63) is 107 Å². The number of nitrogens with zero attached hydrogens (tertiary/aromatic N) is 1. The number of aryl methyl sites for hydroxylation is 1. The fourth-order valence-electron chi connectivity index (χ4n) is 3.72. The lowest BCUT2D eigenvalue weighted by Crippen LogP contribution is -2.50. The Labute approximate surface area is 184 Å². The zero-order valence-electron chi connectivity index (χ0n) is 18.3. The first-order chi connectivity index (χ1) is 15.1. The maximum Gasteiger partial charge on any atom is 0.243 e. The van der Waals surface area contributed by atoms with Gasteiger partial charge >= 0.3 is 0 Å². The molecule has 1 unspecified atom stereocenters. The van der Waals surface area contributed by atoms with E-state index in [4.69, 9.17) is 0 Å². The van der Waals surface area contributed by atoms with Gasteiger partial charge in [0.2, 0.25) is 11.8 Å². The van der Waals surface area contributed by atoms with Crippen molar-refractivity contribution in [3.63, 3.8) is 0 Å². The highest BCUT2D eigenvalue weighted by molar-refractivity contribution is 5.88. The lowest BCUT2D eigenvalue weighted by Gasteiger charge is -2.31. The predicted molar refractivity (Wildman–Crippen MR) is 124 cm³/mol. The smallest absolute Gasteiger partial charge is 0.243 e. The molecule has 0 fully saturated rings. The van der Waals surface area contributed by atoms with Crippen molar-refractivity contribution in [1.82, 2.24) is 10.2 Å². The molecule has 4 nitrogen and oxygen atoms in total. The van der Waals surface area contributed by atoms with E-state index in [1.807, 2.05) is 98.8 Å². The van der Waals surface area contributed by atoms with Crippen LogP contribution in [0, 0.1) is 6.92 Å². The molecule has 0 saturated heterocycles. The highest BCUT2D eigenvalue weighted by Gasteiger charge is 2.30. The highest BCUT2D eigenvalue weighted by atomic mass is 16.2. The average molecular weight is 415 g/mol. The molecule has 0 aliphatic heterocycles. The van der Waals surface area contributed by atoms with Gasteiger partial charge in [0.1, 0.15) is 6.04 Å². The number of hydrogen-bond donors (Lipinski definition) is 1. The Hall–Kier alpha value is -3.40. The van der Waals surface area contributed by atoms with E-state index in [0.717, 1.165) is 22.3 Å². The number of rotatable bonds is 9. The average Bonchev–Trinajstić information content (AvgIpc) is 2.77. The Balaban J connectivity index is 1.93. The largest absolute Gasteiger partial charge is 0.355 e. The minimum atomic E-state index is -0.583. The quantitative estimate of drug-likeness (QED) is 0.567. The van der Waals surface area contributed by atoms with Gasteiger partial charge in [-0.1, -0.05) is 90.5 Å². The molecule has 1 atom stereocenters. The molecule has 0 bridgehead atoms. The van der Waals surface area contributed by atoms with Crippen molar-refractivity contribution < 1.29 is 9.59 Å². The van der Waals surface area contributed by atoms with Crippen molar-refractivity contribution in [1.29, 1.82) is 0 Å². The molecule has 1 N–H and O–H groups in total. The molecule has 3 aromatic carbocycles. The fourth-order valence-corrected chi connectivity index (χ4v) is 3.72. The van der Waals surface area contributed by atoms with E-state index < -0.39 is 6.04 Å². The summed E-state index contributed by atoms with van der Waals surface area (Å²) < 4.78 is 0. The first-order valence-electron chi connectivity index (χ1n) is 10.8. The van der Waals surface area contributed by atoms with Crippen LogP contribution < -0.4 is 5.32 Å². The van der Waals surface area contributed by atoms with Crippen LogP contribution in [-0.2, 0) is 29.0 Å². The van der Waals surface area contributed by atoms with E-state index in [-0.39, 0.29) is 18.2 Å². The third kappa shape index (κ3) is 6.54. The second-order valence-corrected chi connectivity index (χ2v) is 7.77. The summed E-state index contributed by atoms with van der Waals surface area (Å²) in [5, 5.41) is 2.93. The molecule has 160 valence electrons. The van der Waals surface area contributed by atoms with Crippen LogP contribution in [0.5, 0.6) is 0 Å². The van der Waals surface area contributed by atoms with Gasteiger partial charge in [-0.15, -0.1) is 0 Å². The Morgan fingerprint density at radius 1 is 0.839 bits per heavy atom. The monoisotopic (exact) mass is 414 g/mol. The molecule has 0 spiro atoms.